The first-order valence-electron chi connectivity index (χ1n) is 7.40. The smallest absolute Gasteiger partial charge is 0.240 e. The Hall–Kier alpha value is -0.820. The normalized spacial score (nSPS) is 16.6. The molecule has 23 heavy (non-hydrogen) atoms. The number of piperazine rings is 1. The van der Waals surface area contributed by atoms with Crippen molar-refractivity contribution in [2.75, 3.05) is 39.3 Å². The minimum absolute atomic E-state index is 0. The first-order chi connectivity index (χ1) is 9.75. The molecule has 0 radical (unpaired) electrons. The standard InChI is InChI=1S/C15H28N4O2.2ClH/c1-5-6-17-12(20)11-18-7-9-19(10-8-18)14(21)13(16)15(2,3)4;;/h5,13H,1,6-11,16H2,2-4H3,(H,17,20);2*1H/t13-;;/m1../s1. The Bertz CT molecular complexity index is 391. The summed E-state index contributed by atoms with van der Waals surface area (Å²) in [5.41, 5.74) is 5.78. The lowest BCUT2D eigenvalue weighted by atomic mass is 9.86. The maximum atomic E-state index is 12.3. The molecular weight excluding hydrogens is 339 g/mol. The summed E-state index contributed by atoms with van der Waals surface area (Å²) < 4.78 is 0. The number of nitrogens with zero attached hydrogens (tertiary/aromatic N) is 2. The third kappa shape index (κ3) is 8.01. The summed E-state index contributed by atoms with van der Waals surface area (Å²) in [6.45, 7) is 13.0. The van der Waals surface area contributed by atoms with Crippen molar-refractivity contribution < 1.29 is 9.59 Å². The van der Waals surface area contributed by atoms with Crippen molar-refractivity contribution in [1.29, 1.82) is 0 Å². The second-order valence-corrected chi connectivity index (χ2v) is 6.54. The van der Waals surface area contributed by atoms with Crippen LogP contribution in [0.25, 0.3) is 0 Å². The maximum absolute atomic E-state index is 12.3. The van der Waals surface area contributed by atoms with Gasteiger partial charge in [-0.1, -0.05) is 26.8 Å². The molecule has 3 N–H and O–H groups in total. The fourth-order valence-corrected chi connectivity index (χ4v) is 2.14. The third-order valence-electron chi connectivity index (χ3n) is 3.69. The average molecular weight is 369 g/mol. The largest absolute Gasteiger partial charge is 0.352 e. The van der Waals surface area contributed by atoms with Crippen molar-refractivity contribution in [2.45, 2.75) is 26.8 Å². The zero-order valence-electron chi connectivity index (χ0n) is 14.2. The summed E-state index contributed by atoms with van der Waals surface area (Å²) in [6.07, 6.45) is 1.66. The number of halogens is 2. The van der Waals surface area contributed by atoms with Crippen LogP contribution in [0.4, 0.5) is 0 Å². The molecule has 0 spiro atoms. The van der Waals surface area contributed by atoms with Gasteiger partial charge in [0.15, 0.2) is 0 Å². The van der Waals surface area contributed by atoms with Crippen molar-refractivity contribution in [3.05, 3.63) is 12.7 Å². The number of hydrogen-bond donors (Lipinski definition) is 2. The highest BCUT2D eigenvalue weighted by molar-refractivity contribution is 5.85. The molecule has 1 saturated heterocycles. The number of nitrogens with one attached hydrogen (secondary N) is 1. The molecule has 1 atom stereocenters. The van der Waals surface area contributed by atoms with Crippen molar-refractivity contribution in [2.24, 2.45) is 11.1 Å². The van der Waals surface area contributed by atoms with E-state index >= 15 is 0 Å². The maximum Gasteiger partial charge on any atom is 0.240 e. The highest BCUT2D eigenvalue weighted by atomic mass is 35.5. The number of amides is 2. The lowest BCUT2D eigenvalue weighted by Gasteiger charge is -2.37. The molecule has 1 aliphatic heterocycles. The van der Waals surface area contributed by atoms with E-state index in [0.717, 1.165) is 0 Å². The summed E-state index contributed by atoms with van der Waals surface area (Å²) in [4.78, 5) is 27.8. The van der Waals surface area contributed by atoms with Crippen LogP contribution in [-0.2, 0) is 9.59 Å². The highest BCUT2D eigenvalue weighted by Crippen LogP contribution is 2.19. The van der Waals surface area contributed by atoms with Crippen LogP contribution < -0.4 is 11.1 Å². The van der Waals surface area contributed by atoms with Gasteiger partial charge in [-0.05, 0) is 5.41 Å². The van der Waals surface area contributed by atoms with E-state index in [0.29, 0.717) is 39.3 Å². The van der Waals surface area contributed by atoms with E-state index in [4.69, 9.17) is 5.73 Å². The zero-order chi connectivity index (χ0) is 16.0. The van der Waals surface area contributed by atoms with E-state index < -0.39 is 6.04 Å². The molecule has 0 aliphatic carbocycles. The molecule has 1 aliphatic rings. The van der Waals surface area contributed by atoms with Crippen LogP contribution in [0.5, 0.6) is 0 Å². The van der Waals surface area contributed by atoms with Gasteiger partial charge >= 0.3 is 0 Å². The molecule has 0 aromatic rings. The topological polar surface area (TPSA) is 78.7 Å². The summed E-state index contributed by atoms with van der Waals surface area (Å²) in [5, 5.41) is 2.75. The lowest BCUT2D eigenvalue weighted by molar-refractivity contribution is -0.136. The molecule has 1 fully saturated rings. The molecular formula is C15H30Cl2N4O2. The summed E-state index contributed by atoms with van der Waals surface area (Å²) in [6, 6.07) is -0.486. The highest BCUT2D eigenvalue weighted by Gasteiger charge is 2.32. The average Bonchev–Trinajstić information content (AvgIpc) is 2.43. The van der Waals surface area contributed by atoms with Crippen molar-refractivity contribution in [3.8, 4) is 0 Å². The first kappa shape index (κ1) is 24.4. The zero-order valence-corrected chi connectivity index (χ0v) is 15.8. The van der Waals surface area contributed by atoms with Gasteiger partial charge < -0.3 is 16.0 Å². The Balaban J connectivity index is 0. The SMILES string of the molecule is C=CCNC(=O)CN1CCN(C(=O)[C@@H](N)C(C)(C)C)CC1.Cl.Cl. The second-order valence-electron chi connectivity index (χ2n) is 6.54. The van der Waals surface area contributed by atoms with Gasteiger partial charge in [0, 0.05) is 32.7 Å². The van der Waals surface area contributed by atoms with Crippen LogP contribution in [0.1, 0.15) is 20.8 Å². The van der Waals surface area contributed by atoms with Gasteiger partial charge in [-0.15, -0.1) is 31.4 Å². The van der Waals surface area contributed by atoms with Crippen molar-refractivity contribution in [1.82, 2.24) is 15.1 Å². The van der Waals surface area contributed by atoms with Crippen molar-refractivity contribution >= 4 is 36.6 Å². The van der Waals surface area contributed by atoms with Gasteiger partial charge in [0.2, 0.25) is 11.8 Å². The second kappa shape index (κ2) is 10.9. The number of rotatable bonds is 5. The molecule has 0 unspecified atom stereocenters. The quantitative estimate of drug-likeness (QED) is 0.698. The summed E-state index contributed by atoms with van der Waals surface area (Å²) >= 11 is 0. The van der Waals surface area contributed by atoms with Gasteiger partial charge in [-0.3, -0.25) is 14.5 Å². The summed E-state index contributed by atoms with van der Waals surface area (Å²) in [7, 11) is 0. The molecule has 1 rings (SSSR count). The van der Waals surface area contributed by atoms with E-state index in [1.165, 1.54) is 0 Å². The molecule has 0 aromatic carbocycles. The van der Waals surface area contributed by atoms with E-state index in [9.17, 15) is 9.59 Å². The van der Waals surface area contributed by atoms with Crippen molar-refractivity contribution in [3.63, 3.8) is 0 Å². The predicted molar refractivity (Wildman–Crippen MR) is 98.2 cm³/mol. The van der Waals surface area contributed by atoms with Gasteiger partial charge in [0.1, 0.15) is 0 Å². The van der Waals surface area contributed by atoms with Crippen LogP contribution in [0, 0.1) is 5.41 Å². The van der Waals surface area contributed by atoms with Gasteiger partial charge in [-0.25, -0.2) is 0 Å². The fraction of sp³-hybridized carbons (Fsp3) is 0.733. The summed E-state index contributed by atoms with van der Waals surface area (Å²) in [5.74, 6) is -0.0145. The van der Waals surface area contributed by atoms with Gasteiger partial charge in [0.05, 0.1) is 12.6 Å². The molecule has 136 valence electrons. The van der Waals surface area contributed by atoms with E-state index in [1.807, 2.05) is 25.7 Å². The minimum atomic E-state index is -0.486. The molecule has 0 bridgehead atoms. The Labute approximate surface area is 151 Å². The van der Waals surface area contributed by atoms with Crippen LogP contribution in [0.15, 0.2) is 12.7 Å². The Morgan fingerprint density at radius 3 is 2.17 bits per heavy atom. The van der Waals surface area contributed by atoms with Gasteiger partial charge in [-0.2, -0.15) is 0 Å². The third-order valence-corrected chi connectivity index (χ3v) is 3.69. The molecule has 1 heterocycles. The van der Waals surface area contributed by atoms with Crippen LogP contribution in [0.2, 0.25) is 0 Å². The molecule has 2 amide bonds. The monoisotopic (exact) mass is 368 g/mol. The first-order valence-corrected chi connectivity index (χ1v) is 7.40. The molecule has 0 saturated carbocycles. The van der Waals surface area contributed by atoms with E-state index in [2.05, 4.69) is 11.9 Å². The number of nitrogens with two attached hydrogens (primary N) is 1. The minimum Gasteiger partial charge on any atom is -0.352 e. The molecule has 6 nitrogen and oxygen atoms in total. The predicted octanol–water partition coefficient (Wildman–Crippen LogP) is 0.650. The fourth-order valence-electron chi connectivity index (χ4n) is 2.14. The van der Waals surface area contributed by atoms with Crippen LogP contribution in [0.3, 0.4) is 0 Å². The lowest BCUT2D eigenvalue weighted by Crippen LogP contribution is -2.57. The Morgan fingerprint density at radius 1 is 1.22 bits per heavy atom. The molecule has 8 heteroatoms. The van der Waals surface area contributed by atoms with E-state index in [-0.39, 0.29) is 42.0 Å². The Kier molecular flexibility index (Phi) is 11.5. The van der Waals surface area contributed by atoms with E-state index in [1.54, 1.807) is 11.0 Å². The Morgan fingerprint density at radius 2 is 1.74 bits per heavy atom. The van der Waals surface area contributed by atoms with Crippen LogP contribution in [-0.4, -0.2) is 66.9 Å². The molecule has 0 aromatic heterocycles. The number of carbonyl (C=O) groups is 2. The van der Waals surface area contributed by atoms with Gasteiger partial charge in [0.25, 0.3) is 0 Å². The number of hydrogen-bond acceptors (Lipinski definition) is 4. The van der Waals surface area contributed by atoms with Crippen LogP contribution >= 0.6 is 24.8 Å². The number of carbonyl (C=O) groups excluding carboxylic acids is 2.